The normalized spacial score (nSPS) is 17.8. The molecule has 3 rings (SSSR count). The molecule has 0 aromatic heterocycles. The largest absolute Gasteiger partial charge is 0.491 e. The number of carbonyl (C=O) groups excluding carboxylic acids is 5. The van der Waals surface area contributed by atoms with Crippen LogP contribution in [0.2, 0.25) is 0 Å². The second kappa shape index (κ2) is 11.5. The number of carbonyl (C=O) groups is 5. The number of esters is 1. The summed E-state index contributed by atoms with van der Waals surface area (Å²) in [7, 11) is 0. The second-order valence-electron chi connectivity index (χ2n) is 7.64. The van der Waals surface area contributed by atoms with Crippen LogP contribution in [0.1, 0.15) is 33.6 Å². The fourth-order valence-corrected chi connectivity index (χ4v) is 3.61. The van der Waals surface area contributed by atoms with E-state index in [9.17, 15) is 37.1 Å². The summed E-state index contributed by atoms with van der Waals surface area (Å²) >= 11 is 0. The number of halogens is 3. The Kier molecular flexibility index (Phi) is 8.60. The number of imide groups is 2. The number of hydrogen-bond acceptors (Lipinski definition) is 10. The molecule has 12 nitrogen and oxygen atoms in total. The monoisotopic (exact) mass is 516 g/mol. The molecule has 0 aliphatic carbocycles. The lowest BCUT2D eigenvalue weighted by Crippen LogP contribution is -2.54. The molecule has 2 aliphatic rings. The molecule has 1 unspecified atom stereocenters. The Balaban J connectivity index is 1.84. The van der Waals surface area contributed by atoms with Crippen LogP contribution in [0.25, 0.3) is 0 Å². The SMILES string of the molecule is NCCOCCOCCNc1c(OC(=O)C(F)(F)F)ccc2c1C(=O)N(C1CCC(=O)NC1=O)C2=O. The number of rotatable bonds is 11. The number of nitrogens with zero attached hydrogens (tertiary/aromatic N) is 1. The summed E-state index contributed by atoms with van der Waals surface area (Å²) < 4.78 is 53.3. The van der Waals surface area contributed by atoms with Gasteiger partial charge in [0.25, 0.3) is 11.8 Å². The molecule has 0 saturated carbocycles. The zero-order valence-electron chi connectivity index (χ0n) is 18.8. The van der Waals surface area contributed by atoms with E-state index in [0.717, 1.165) is 12.1 Å². The average molecular weight is 516 g/mol. The Morgan fingerprint density at radius 2 is 1.78 bits per heavy atom. The van der Waals surface area contributed by atoms with Gasteiger partial charge in [-0.3, -0.25) is 29.4 Å². The third kappa shape index (κ3) is 5.98. The molecule has 1 atom stereocenters. The van der Waals surface area contributed by atoms with Crippen molar-refractivity contribution in [1.82, 2.24) is 10.2 Å². The van der Waals surface area contributed by atoms with Gasteiger partial charge in [0.2, 0.25) is 11.8 Å². The van der Waals surface area contributed by atoms with Crippen LogP contribution in [-0.4, -0.2) is 86.2 Å². The summed E-state index contributed by atoms with van der Waals surface area (Å²) in [4.78, 5) is 62.0. The fourth-order valence-electron chi connectivity index (χ4n) is 3.61. The molecular formula is C21H23F3N4O8. The molecule has 15 heteroatoms. The van der Waals surface area contributed by atoms with Gasteiger partial charge in [0.15, 0.2) is 5.75 Å². The first kappa shape index (κ1) is 27.0. The average Bonchev–Trinajstić information content (AvgIpc) is 3.06. The van der Waals surface area contributed by atoms with Crippen LogP contribution in [0.4, 0.5) is 18.9 Å². The van der Waals surface area contributed by atoms with Crippen molar-refractivity contribution in [2.75, 3.05) is 44.8 Å². The zero-order chi connectivity index (χ0) is 26.5. The number of nitrogens with two attached hydrogens (primary N) is 1. The highest BCUT2D eigenvalue weighted by Crippen LogP contribution is 2.39. The fraction of sp³-hybridized carbons (Fsp3) is 0.476. The predicted octanol–water partition coefficient (Wildman–Crippen LogP) is -0.0407. The van der Waals surface area contributed by atoms with Crippen molar-refractivity contribution in [2.24, 2.45) is 5.73 Å². The number of hydrogen-bond donors (Lipinski definition) is 3. The highest BCUT2D eigenvalue weighted by molar-refractivity contribution is 6.26. The Morgan fingerprint density at radius 3 is 2.42 bits per heavy atom. The number of benzene rings is 1. The molecule has 2 heterocycles. The molecule has 0 radical (unpaired) electrons. The molecule has 4 amide bonds. The lowest BCUT2D eigenvalue weighted by Gasteiger charge is -2.27. The van der Waals surface area contributed by atoms with Gasteiger partial charge in [0, 0.05) is 19.5 Å². The van der Waals surface area contributed by atoms with Crippen LogP contribution in [0, 0.1) is 0 Å². The topological polar surface area (TPSA) is 166 Å². The Bertz CT molecular complexity index is 1060. The van der Waals surface area contributed by atoms with Crippen LogP contribution in [0.15, 0.2) is 12.1 Å². The Morgan fingerprint density at radius 1 is 1.08 bits per heavy atom. The van der Waals surface area contributed by atoms with E-state index in [1.807, 2.05) is 5.32 Å². The summed E-state index contributed by atoms with van der Waals surface area (Å²) in [6.07, 6.45) is -5.55. The first-order valence-corrected chi connectivity index (χ1v) is 10.8. The number of amides is 4. The maximum absolute atomic E-state index is 13.2. The highest BCUT2D eigenvalue weighted by atomic mass is 19.4. The summed E-state index contributed by atoms with van der Waals surface area (Å²) in [5.74, 6) is -6.47. The van der Waals surface area contributed by atoms with Gasteiger partial charge in [-0.2, -0.15) is 13.2 Å². The molecule has 196 valence electrons. The summed E-state index contributed by atoms with van der Waals surface area (Å²) in [6.45, 7) is 1.07. The van der Waals surface area contributed by atoms with E-state index in [0.29, 0.717) is 18.1 Å². The van der Waals surface area contributed by atoms with Gasteiger partial charge in [-0.15, -0.1) is 0 Å². The minimum Gasteiger partial charge on any atom is -0.418 e. The predicted molar refractivity (Wildman–Crippen MR) is 114 cm³/mol. The quantitative estimate of drug-likeness (QED) is 0.157. The van der Waals surface area contributed by atoms with E-state index in [4.69, 9.17) is 15.2 Å². The zero-order valence-corrected chi connectivity index (χ0v) is 18.8. The van der Waals surface area contributed by atoms with Gasteiger partial charge in [0.1, 0.15) is 6.04 Å². The van der Waals surface area contributed by atoms with E-state index >= 15 is 0 Å². The van der Waals surface area contributed by atoms with Crippen LogP contribution in [0.5, 0.6) is 5.75 Å². The van der Waals surface area contributed by atoms with E-state index < -0.39 is 47.6 Å². The van der Waals surface area contributed by atoms with Gasteiger partial charge in [-0.25, -0.2) is 4.79 Å². The standard InChI is InChI=1S/C21H23F3N4O8/c22-21(23,24)20(33)36-13-3-1-11-15(16(13)26-6-8-35-10-9-34-7-5-25)19(32)28(18(11)31)12-2-4-14(29)27-17(12)30/h1,3,12,26H,2,4-10,25H2,(H,27,29,30). The Hall–Kier alpha value is -3.56. The van der Waals surface area contributed by atoms with Crippen molar-refractivity contribution in [3.63, 3.8) is 0 Å². The first-order valence-electron chi connectivity index (χ1n) is 10.8. The van der Waals surface area contributed by atoms with E-state index in [1.165, 1.54) is 0 Å². The molecule has 0 spiro atoms. The molecule has 2 aliphatic heterocycles. The number of fused-ring (bicyclic) bond motifs is 1. The van der Waals surface area contributed by atoms with Gasteiger partial charge < -0.3 is 25.3 Å². The molecule has 0 bridgehead atoms. The number of piperidine rings is 1. The van der Waals surface area contributed by atoms with Crippen molar-refractivity contribution in [2.45, 2.75) is 25.1 Å². The van der Waals surface area contributed by atoms with E-state index in [2.05, 4.69) is 10.1 Å². The molecule has 1 saturated heterocycles. The van der Waals surface area contributed by atoms with Gasteiger partial charge in [-0.1, -0.05) is 0 Å². The molecule has 36 heavy (non-hydrogen) atoms. The van der Waals surface area contributed by atoms with Crippen molar-refractivity contribution in [1.29, 1.82) is 0 Å². The van der Waals surface area contributed by atoms with Crippen LogP contribution >= 0.6 is 0 Å². The smallest absolute Gasteiger partial charge is 0.418 e. The van der Waals surface area contributed by atoms with Crippen molar-refractivity contribution in [3.05, 3.63) is 23.3 Å². The number of ether oxygens (including phenoxy) is 3. The highest BCUT2D eigenvalue weighted by Gasteiger charge is 2.47. The molecule has 4 N–H and O–H groups in total. The molecule has 1 aromatic carbocycles. The third-order valence-electron chi connectivity index (χ3n) is 5.19. The maximum atomic E-state index is 13.2. The summed E-state index contributed by atoms with van der Waals surface area (Å²) in [5, 5.41) is 4.72. The van der Waals surface area contributed by atoms with E-state index in [1.54, 1.807) is 0 Å². The lowest BCUT2D eigenvalue weighted by atomic mass is 10.0. The minimum atomic E-state index is -5.32. The van der Waals surface area contributed by atoms with Crippen LogP contribution in [0.3, 0.4) is 0 Å². The second-order valence-corrected chi connectivity index (χ2v) is 7.64. The van der Waals surface area contributed by atoms with Gasteiger partial charge >= 0.3 is 12.1 Å². The molecule has 1 fully saturated rings. The lowest BCUT2D eigenvalue weighted by molar-refractivity contribution is -0.189. The van der Waals surface area contributed by atoms with Gasteiger partial charge in [-0.05, 0) is 18.6 Å². The first-order chi connectivity index (χ1) is 17.1. The number of anilines is 1. The minimum absolute atomic E-state index is 0.0152. The summed E-state index contributed by atoms with van der Waals surface area (Å²) in [5.41, 5.74) is 4.36. The summed E-state index contributed by atoms with van der Waals surface area (Å²) in [6, 6.07) is 0.670. The number of alkyl halides is 3. The number of nitrogens with one attached hydrogen (secondary N) is 2. The van der Waals surface area contributed by atoms with Crippen molar-refractivity contribution in [3.8, 4) is 5.75 Å². The maximum Gasteiger partial charge on any atom is 0.491 e. The van der Waals surface area contributed by atoms with Crippen LogP contribution < -0.4 is 21.1 Å². The van der Waals surface area contributed by atoms with Crippen molar-refractivity contribution < 1.29 is 51.4 Å². The third-order valence-corrected chi connectivity index (χ3v) is 5.19. The molecule has 1 aromatic rings. The van der Waals surface area contributed by atoms with Crippen LogP contribution in [-0.2, 0) is 23.9 Å². The Labute approximate surface area is 202 Å². The van der Waals surface area contributed by atoms with Gasteiger partial charge in [0.05, 0.1) is 43.2 Å². The van der Waals surface area contributed by atoms with Crippen molar-refractivity contribution >= 4 is 35.3 Å². The molecular weight excluding hydrogens is 493 g/mol. The van der Waals surface area contributed by atoms with E-state index in [-0.39, 0.29) is 56.0 Å².